The summed E-state index contributed by atoms with van der Waals surface area (Å²) in [5, 5.41) is 16.2. The van der Waals surface area contributed by atoms with Crippen LogP contribution < -0.4 is 44.6 Å². The second-order valence-electron chi connectivity index (χ2n) is 8.09. The first-order valence-electron chi connectivity index (χ1n) is 11.2. The maximum atomic E-state index is 12.9. The second kappa shape index (κ2) is 16.8. The van der Waals surface area contributed by atoms with E-state index in [-0.39, 0.29) is 32.1 Å². The van der Waals surface area contributed by atoms with Crippen LogP contribution in [0.3, 0.4) is 0 Å². The molecule has 36 heavy (non-hydrogen) atoms. The van der Waals surface area contributed by atoms with Crippen LogP contribution in [0.1, 0.15) is 51.4 Å². The van der Waals surface area contributed by atoms with Gasteiger partial charge in [-0.25, -0.2) is 4.79 Å². The van der Waals surface area contributed by atoms with E-state index in [4.69, 9.17) is 28.7 Å². The van der Waals surface area contributed by atoms with E-state index < -0.39 is 72.0 Å². The van der Waals surface area contributed by atoms with Crippen molar-refractivity contribution in [1.82, 2.24) is 16.0 Å². The van der Waals surface area contributed by atoms with E-state index in [1.165, 1.54) is 0 Å². The van der Waals surface area contributed by atoms with Crippen LogP contribution >= 0.6 is 0 Å². The Morgan fingerprint density at radius 3 is 1.64 bits per heavy atom. The van der Waals surface area contributed by atoms with Crippen LogP contribution in [-0.2, 0) is 33.6 Å². The number of carbonyl (C=O) groups excluding carboxylic acids is 6. The van der Waals surface area contributed by atoms with Gasteiger partial charge in [0.25, 0.3) is 0 Å². The monoisotopic (exact) mass is 516 g/mol. The molecule has 16 heteroatoms. The summed E-state index contributed by atoms with van der Waals surface area (Å²) in [4.78, 5) is 82.7. The van der Waals surface area contributed by atoms with E-state index in [1.54, 1.807) is 0 Å². The molecule has 0 aromatic carbocycles. The lowest BCUT2D eigenvalue weighted by Gasteiger charge is -2.25. The Balaban J connectivity index is 5.53. The van der Waals surface area contributed by atoms with E-state index >= 15 is 0 Å². The number of carbonyl (C=O) groups is 7. The Bertz CT molecular complexity index is 822. The van der Waals surface area contributed by atoms with E-state index in [2.05, 4.69) is 16.0 Å². The number of hydrogen-bond donors (Lipinski definition) is 9. The van der Waals surface area contributed by atoms with Crippen LogP contribution in [0.15, 0.2) is 0 Å². The van der Waals surface area contributed by atoms with Crippen molar-refractivity contribution in [2.24, 2.45) is 28.7 Å². The Morgan fingerprint density at radius 2 is 1.14 bits per heavy atom. The average Bonchev–Trinajstić information content (AvgIpc) is 2.77. The lowest BCUT2D eigenvalue weighted by atomic mass is 10.0. The summed E-state index contributed by atoms with van der Waals surface area (Å²) in [6.07, 6.45) is -0.602. The Kier molecular flexibility index (Phi) is 15.0. The minimum Gasteiger partial charge on any atom is -0.480 e. The van der Waals surface area contributed by atoms with Gasteiger partial charge in [0.1, 0.15) is 18.1 Å². The molecule has 6 amide bonds. The van der Waals surface area contributed by atoms with Gasteiger partial charge >= 0.3 is 5.97 Å². The van der Waals surface area contributed by atoms with E-state index in [9.17, 15) is 38.7 Å². The Morgan fingerprint density at radius 1 is 0.639 bits per heavy atom. The summed E-state index contributed by atoms with van der Waals surface area (Å²) >= 11 is 0. The highest BCUT2D eigenvalue weighted by Gasteiger charge is 2.31. The predicted octanol–water partition coefficient (Wildman–Crippen LogP) is -4.61. The first kappa shape index (κ1) is 32.2. The van der Waals surface area contributed by atoms with Gasteiger partial charge in [-0.3, -0.25) is 28.8 Å². The van der Waals surface area contributed by atoms with Crippen LogP contribution in [0, 0.1) is 0 Å². The molecule has 0 bridgehead atoms. The third-order valence-electron chi connectivity index (χ3n) is 4.95. The fraction of sp³-hybridized carbons (Fsp3) is 0.650. The first-order chi connectivity index (χ1) is 16.8. The summed E-state index contributed by atoms with van der Waals surface area (Å²) in [7, 11) is 0. The zero-order valence-electron chi connectivity index (χ0n) is 19.9. The number of amides is 6. The molecule has 14 N–H and O–H groups in total. The third-order valence-corrected chi connectivity index (χ3v) is 4.95. The highest BCUT2D eigenvalue weighted by molar-refractivity contribution is 5.96. The van der Waals surface area contributed by atoms with Gasteiger partial charge in [0.15, 0.2) is 0 Å². The van der Waals surface area contributed by atoms with Crippen molar-refractivity contribution < 1.29 is 38.7 Å². The molecular weight excluding hydrogens is 480 g/mol. The van der Waals surface area contributed by atoms with Gasteiger partial charge in [0.05, 0.1) is 12.5 Å². The first-order valence-corrected chi connectivity index (χ1v) is 11.2. The van der Waals surface area contributed by atoms with Crippen molar-refractivity contribution in [3.8, 4) is 0 Å². The molecule has 0 aromatic heterocycles. The molecular formula is C20H36N8O8. The molecule has 204 valence electrons. The quantitative estimate of drug-likeness (QED) is 0.0739. The van der Waals surface area contributed by atoms with Crippen molar-refractivity contribution in [3.63, 3.8) is 0 Å². The van der Waals surface area contributed by atoms with Gasteiger partial charge < -0.3 is 49.7 Å². The summed E-state index contributed by atoms with van der Waals surface area (Å²) in [5.74, 6) is -6.50. The van der Waals surface area contributed by atoms with Crippen molar-refractivity contribution >= 4 is 41.4 Å². The van der Waals surface area contributed by atoms with Crippen LogP contribution in [-0.4, -0.2) is 77.2 Å². The van der Waals surface area contributed by atoms with Crippen molar-refractivity contribution in [2.45, 2.75) is 75.5 Å². The molecule has 0 saturated carbocycles. The van der Waals surface area contributed by atoms with Crippen molar-refractivity contribution in [2.75, 3.05) is 6.54 Å². The molecule has 0 fully saturated rings. The van der Waals surface area contributed by atoms with E-state index in [0.717, 1.165) is 0 Å². The number of hydrogen-bond acceptors (Lipinski definition) is 9. The van der Waals surface area contributed by atoms with Crippen molar-refractivity contribution in [3.05, 3.63) is 0 Å². The highest BCUT2D eigenvalue weighted by Crippen LogP contribution is 2.06. The topological polar surface area (TPSA) is 306 Å². The van der Waals surface area contributed by atoms with Crippen LogP contribution in [0.2, 0.25) is 0 Å². The summed E-state index contributed by atoms with van der Waals surface area (Å²) in [6, 6.07) is -5.45. The zero-order valence-corrected chi connectivity index (χ0v) is 19.9. The maximum Gasteiger partial charge on any atom is 0.326 e. The van der Waals surface area contributed by atoms with E-state index in [0.29, 0.717) is 19.4 Å². The largest absolute Gasteiger partial charge is 0.480 e. The van der Waals surface area contributed by atoms with Gasteiger partial charge in [-0.2, -0.15) is 0 Å². The lowest BCUT2D eigenvalue weighted by Crippen LogP contribution is -2.57. The number of nitrogens with two attached hydrogens (primary N) is 5. The predicted molar refractivity (Wildman–Crippen MR) is 125 cm³/mol. The van der Waals surface area contributed by atoms with Crippen LogP contribution in [0.5, 0.6) is 0 Å². The molecule has 0 aliphatic carbocycles. The smallest absolute Gasteiger partial charge is 0.326 e. The molecule has 0 saturated heterocycles. The molecule has 0 aliphatic heterocycles. The number of primary amides is 3. The number of nitrogens with one attached hydrogen (secondary N) is 3. The Hall–Kier alpha value is -3.79. The summed E-state index contributed by atoms with van der Waals surface area (Å²) < 4.78 is 0. The molecule has 16 nitrogen and oxygen atoms in total. The van der Waals surface area contributed by atoms with Crippen molar-refractivity contribution in [1.29, 1.82) is 0 Å². The van der Waals surface area contributed by atoms with Gasteiger partial charge in [-0.05, 0) is 38.6 Å². The molecule has 0 aromatic rings. The van der Waals surface area contributed by atoms with Gasteiger partial charge in [0, 0.05) is 12.8 Å². The number of unbranched alkanes of at least 4 members (excludes halogenated alkanes) is 1. The fourth-order valence-corrected chi connectivity index (χ4v) is 2.97. The second-order valence-corrected chi connectivity index (χ2v) is 8.09. The van der Waals surface area contributed by atoms with Crippen LogP contribution in [0.25, 0.3) is 0 Å². The molecule has 0 spiro atoms. The average molecular weight is 517 g/mol. The summed E-state index contributed by atoms with van der Waals surface area (Å²) in [5.41, 5.74) is 26.4. The molecule has 0 rings (SSSR count). The van der Waals surface area contributed by atoms with Crippen LogP contribution in [0.4, 0.5) is 0 Å². The Labute approximate surface area is 207 Å². The normalized spacial score (nSPS) is 13.9. The number of carboxylic acids is 1. The van der Waals surface area contributed by atoms with Gasteiger partial charge in [-0.15, -0.1) is 0 Å². The molecule has 4 unspecified atom stereocenters. The fourth-order valence-electron chi connectivity index (χ4n) is 2.97. The standard InChI is InChI=1S/C20H36N8O8/c21-8-2-1-3-11(18(33)27-12(20(35)36)5-7-15(24)30)26-19(34)13(9-16(25)31)28-17(32)10(22)4-6-14(23)29/h10-13H,1-9,21-22H2,(H2,23,29)(H2,24,30)(H2,25,31)(H,26,34)(H,27,33)(H,28,32)(H,35,36). The molecule has 0 radical (unpaired) electrons. The third kappa shape index (κ3) is 13.8. The van der Waals surface area contributed by atoms with Gasteiger partial charge in [-0.1, -0.05) is 0 Å². The highest BCUT2D eigenvalue weighted by atomic mass is 16.4. The minimum absolute atomic E-state index is 0.0479. The minimum atomic E-state index is -1.51. The molecule has 4 atom stereocenters. The molecule has 0 heterocycles. The lowest BCUT2D eigenvalue weighted by molar-refractivity contribution is -0.142. The number of carboxylic acid groups (broad SMARTS) is 1. The molecule has 0 aliphatic rings. The summed E-state index contributed by atoms with van der Waals surface area (Å²) in [6.45, 7) is 0.294. The SMILES string of the molecule is NCCCCC(NC(=O)C(CC(N)=O)NC(=O)C(N)CCC(N)=O)C(=O)NC(CCC(N)=O)C(=O)O. The number of aliphatic carboxylic acids is 1. The zero-order chi connectivity index (χ0) is 27.8. The van der Waals surface area contributed by atoms with Gasteiger partial charge in [0.2, 0.25) is 35.4 Å². The number of rotatable bonds is 19. The van der Waals surface area contributed by atoms with E-state index in [1.807, 2.05) is 0 Å². The maximum absolute atomic E-state index is 12.9.